The third-order valence-corrected chi connectivity index (χ3v) is 10.5. The fraction of sp³-hybridized carbons (Fsp3) is 0.457. The Hall–Kier alpha value is -3.06. The van der Waals surface area contributed by atoms with Crippen LogP contribution in [0.4, 0.5) is 5.69 Å². The molecule has 7 heteroatoms. The van der Waals surface area contributed by atoms with E-state index in [2.05, 4.69) is 0 Å². The van der Waals surface area contributed by atoms with Crippen LogP contribution in [-0.2, 0) is 21.6 Å². The van der Waals surface area contributed by atoms with E-state index in [0.29, 0.717) is 34.1 Å². The van der Waals surface area contributed by atoms with Gasteiger partial charge < -0.3 is 24.2 Å². The third kappa shape index (κ3) is 4.25. The zero-order chi connectivity index (χ0) is 29.4. The second kappa shape index (κ2) is 10.0. The molecule has 1 saturated heterocycles. The Bertz CT molecular complexity index is 1520. The molecule has 0 radical (unpaired) electrons. The minimum atomic E-state index is -0.970. The molecule has 7 rings (SSSR count). The first kappa shape index (κ1) is 27.8. The molecule has 3 aromatic rings. The van der Waals surface area contributed by atoms with Gasteiger partial charge in [-0.25, -0.2) is 0 Å². The Kier molecular flexibility index (Phi) is 6.61. The summed E-state index contributed by atoms with van der Waals surface area (Å²) in [6, 6.07) is 19.1. The molecule has 0 aromatic heterocycles. The molecule has 220 valence electrons. The summed E-state index contributed by atoms with van der Waals surface area (Å²) in [6.07, 6.45) is 5.18. The Labute approximate surface area is 252 Å². The number of amides is 1. The number of nitrogens with zero attached hydrogens (tertiary/aromatic N) is 1. The molecular formula is C35H38ClNO5. The highest BCUT2D eigenvalue weighted by molar-refractivity contribution is 6.30. The molecule has 6 atom stereocenters. The number of benzene rings is 3. The van der Waals surface area contributed by atoms with Crippen molar-refractivity contribution in [2.75, 3.05) is 12.0 Å². The maximum absolute atomic E-state index is 13.9. The Morgan fingerprint density at radius 1 is 1.07 bits per heavy atom. The molecule has 1 amide bonds. The average molecular weight is 588 g/mol. The predicted octanol–water partition coefficient (Wildman–Crippen LogP) is 6.98. The van der Waals surface area contributed by atoms with Gasteiger partial charge in [0.1, 0.15) is 0 Å². The molecule has 3 aromatic carbocycles. The van der Waals surface area contributed by atoms with Gasteiger partial charge in [-0.3, -0.25) is 4.79 Å². The Morgan fingerprint density at radius 2 is 1.81 bits per heavy atom. The van der Waals surface area contributed by atoms with Crippen molar-refractivity contribution in [3.05, 3.63) is 87.9 Å². The van der Waals surface area contributed by atoms with Crippen LogP contribution in [-0.4, -0.2) is 36.4 Å². The number of methoxy groups -OCH3 is 1. The van der Waals surface area contributed by atoms with Gasteiger partial charge in [-0.2, -0.15) is 0 Å². The highest BCUT2D eigenvalue weighted by atomic mass is 35.5. The van der Waals surface area contributed by atoms with Crippen LogP contribution in [0.5, 0.6) is 11.5 Å². The number of fused-ring (bicyclic) bond motifs is 1. The van der Waals surface area contributed by atoms with Gasteiger partial charge >= 0.3 is 0 Å². The third-order valence-electron chi connectivity index (χ3n) is 10.3. The minimum Gasteiger partial charge on any atom is -0.493 e. The van der Waals surface area contributed by atoms with Crippen molar-refractivity contribution in [1.29, 1.82) is 0 Å². The maximum atomic E-state index is 13.9. The van der Waals surface area contributed by atoms with E-state index in [1.807, 2.05) is 86.3 Å². The first-order valence-electron chi connectivity index (χ1n) is 15.0. The number of carbonyl (C=O) groups is 1. The van der Waals surface area contributed by atoms with E-state index in [9.17, 15) is 9.90 Å². The highest BCUT2D eigenvalue weighted by Gasteiger charge is 2.68. The fourth-order valence-corrected chi connectivity index (χ4v) is 8.00. The molecule has 42 heavy (non-hydrogen) atoms. The molecule has 2 aliphatic carbocycles. The topological polar surface area (TPSA) is 68.2 Å². The zero-order valence-electron chi connectivity index (χ0n) is 24.6. The summed E-state index contributed by atoms with van der Waals surface area (Å²) in [6.45, 7) is 5.90. The smallest absolute Gasteiger partial charge is 0.232 e. The fourth-order valence-electron chi connectivity index (χ4n) is 7.87. The summed E-state index contributed by atoms with van der Waals surface area (Å²) in [5.74, 6) is 1.40. The first-order valence-corrected chi connectivity index (χ1v) is 15.4. The first-order chi connectivity index (χ1) is 20.1. The monoisotopic (exact) mass is 587 g/mol. The summed E-state index contributed by atoms with van der Waals surface area (Å²) < 4.78 is 17.8. The second-order valence-electron chi connectivity index (χ2n) is 13.0. The summed E-state index contributed by atoms with van der Waals surface area (Å²) in [5.41, 5.74) is 3.82. The lowest BCUT2D eigenvalue weighted by atomic mass is 9.59. The molecule has 4 aliphatic rings. The average Bonchev–Trinajstić information content (AvgIpc) is 3.34. The van der Waals surface area contributed by atoms with Gasteiger partial charge in [0.25, 0.3) is 0 Å². The van der Waals surface area contributed by atoms with E-state index in [-0.39, 0.29) is 30.4 Å². The van der Waals surface area contributed by atoms with Crippen molar-refractivity contribution >= 4 is 23.2 Å². The van der Waals surface area contributed by atoms with Gasteiger partial charge in [-0.05, 0) is 111 Å². The van der Waals surface area contributed by atoms with E-state index in [0.717, 1.165) is 47.2 Å². The number of hydrogen-bond acceptors (Lipinski definition) is 5. The van der Waals surface area contributed by atoms with Gasteiger partial charge in [0, 0.05) is 16.1 Å². The van der Waals surface area contributed by atoms with E-state index >= 15 is 0 Å². The van der Waals surface area contributed by atoms with Crippen LogP contribution in [0.1, 0.15) is 74.8 Å². The predicted molar refractivity (Wildman–Crippen MR) is 162 cm³/mol. The standard InChI is InChI=1S/C35H38ClNO5/c1-20(2)41-29-18-27-22(15-28(29)40-4)16-32(38)37(33(27)21-5-9-25(36)10-6-21)26-11-7-23(8-12-26)34(3,39)24-17-31-35(19-24)14-13-30(35)42-31/h5-12,15,18,20,24,30-31,33,39H,13-14,16-17,19H2,1-4H3/t24?,30?,31?,33-,34?,35?/m0/s1. The molecule has 1 N–H and O–H groups in total. The van der Waals surface area contributed by atoms with Gasteiger partial charge in [0.05, 0.1) is 43.5 Å². The normalized spacial score (nSPS) is 29.1. The highest BCUT2D eigenvalue weighted by Crippen LogP contribution is 2.67. The van der Waals surface area contributed by atoms with E-state index < -0.39 is 5.60 Å². The number of carbonyl (C=O) groups excluding carboxylic acids is 1. The molecular weight excluding hydrogens is 550 g/mol. The van der Waals surface area contributed by atoms with Crippen LogP contribution in [0.3, 0.4) is 0 Å². The number of anilines is 1. The van der Waals surface area contributed by atoms with Gasteiger partial charge in [-0.1, -0.05) is 35.9 Å². The number of hydrogen-bond donors (Lipinski definition) is 1. The van der Waals surface area contributed by atoms with E-state index in [1.165, 1.54) is 6.42 Å². The lowest BCUT2D eigenvalue weighted by Gasteiger charge is -2.60. The summed E-state index contributed by atoms with van der Waals surface area (Å²) in [5, 5.41) is 12.4. The Morgan fingerprint density at radius 3 is 2.40 bits per heavy atom. The lowest BCUT2D eigenvalue weighted by molar-refractivity contribution is -0.289. The number of halogens is 1. The Balaban J connectivity index is 1.25. The van der Waals surface area contributed by atoms with E-state index in [4.69, 9.17) is 25.8 Å². The van der Waals surface area contributed by atoms with Gasteiger partial charge in [0.15, 0.2) is 11.5 Å². The van der Waals surface area contributed by atoms with Crippen molar-refractivity contribution in [1.82, 2.24) is 0 Å². The molecule has 1 spiro atoms. The van der Waals surface area contributed by atoms with Gasteiger partial charge in [0.2, 0.25) is 5.91 Å². The van der Waals surface area contributed by atoms with Crippen LogP contribution < -0.4 is 14.4 Å². The van der Waals surface area contributed by atoms with Crippen molar-refractivity contribution in [2.45, 2.75) is 82.8 Å². The minimum absolute atomic E-state index is 0.0128. The summed E-state index contributed by atoms with van der Waals surface area (Å²) >= 11 is 6.26. The van der Waals surface area contributed by atoms with Crippen LogP contribution in [0.2, 0.25) is 5.02 Å². The van der Waals surface area contributed by atoms with Crippen molar-refractivity contribution in [2.24, 2.45) is 11.3 Å². The largest absolute Gasteiger partial charge is 0.493 e. The molecule has 2 saturated carbocycles. The summed E-state index contributed by atoms with van der Waals surface area (Å²) in [7, 11) is 1.62. The van der Waals surface area contributed by atoms with Crippen LogP contribution >= 0.6 is 11.6 Å². The maximum Gasteiger partial charge on any atom is 0.232 e. The van der Waals surface area contributed by atoms with Crippen molar-refractivity contribution in [3.8, 4) is 11.5 Å². The van der Waals surface area contributed by atoms with Crippen LogP contribution in [0.25, 0.3) is 0 Å². The number of aliphatic hydroxyl groups is 1. The quantitative estimate of drug-likeness (QED) is 0.323. The summed E-state index contributed by atoms with van der Waals surface area (Å²) in [4.78, 5) is 15.7. The second-order valence-corrected chi connectivity index (χ2v) is 13.4. The van der Waals surface area contributed by atoms with Crippen LogP contribution in [0.15, 0.2) is 60.7 Å². The molecule has 0 bridgehead atoms. The lowest BCUT2D eigenvalue weighted by Crippen LogP contribution is -2.63. The SMILES string of the molecule is COc1cc2c(cc1OC(C)C)[C@H](c1ccc(Cl)cc1)N(c1ccc(C(C)(O)C3CC4OC5CCC54C3)cc1)C(=O)C2. The molecule has 2 aliphatic heterocycles. The van der Waals surface area contributed by atoms with Gasteiger partial charge in [-0.15, -0.1) is 0 Å². The van der Waals surface area contributed by atoms with Crippen LogP contribution in [0, 0.1) is 11.3 Å². The molecule has 2 heterocycles. The number of rotatable bonds is 7. The molecule has 5 unspecified atom stereocenters. The van der Waals surface area contributed by atoms with Crippen molar-refractivity contribution < 1.29 is 24.1 Å². The zero-order valence-corrected chi connectivity index (χ0v) is 25.4. The number of ether oxygens (including phenoxy) is 3. The molecule has 6 nitrogen and oxygen atoms in total. The molecule has 3 fully saturated rings. The van der Waals surface area contributed by atoms with E-state index in [1.54, 1.807) is 7.11 Å². The van der Waals surface area contributed by atoms with Crippen molar-refractivity contribution in [3.63, 3.8) is 0 Å².